The van der Waals surface area contributed by atoms with Crippen LogP contribution in [0, 0.1) is 0 Å². The van der Waals surface area contributed by atoms with E-state index in [-0.39, 0.29) is 28.3 Å². The molecule has 0 bridgehead atoms. The van der Waals surface area contributed by atoms with Crippen LogP contribution >= 0.6 is 0 Å². The minimum Gasteiger partial charge on any atom is -0.508 e. The number of anilines is 1. The van der Waals surface area contributed by atoms with Gasteiger partial charge in [-0.3, -0.25) is 14.9 Å². The third-order valence-corrected chi connectivity index (χ3v) is 3.45. The van der Waals surface area contributed by atoms with Crippen LogP contribution in [-0.4, -0.2) is 28.1 Å². The zero-order valence-electron chi connectivity index (χ0n) is 12.3. The Morgan fingerprint density at radius 3 is 2.25 bits per heavy atom. The average molecular weight is 324 g/mol. The molecule has 4 amide bonds. The van der Waals surface area contributed by atoms with Gasteiger partial charge in [-0.15, -0.1) is 0 Å². The second kappa shape index (κ2) is 5.88. The van der Waals surface area contributed by atoms with Gasteiger partial charge in [0.05, 0.1) is 5.69 Å². The molecule has 0 spiro atoms. The van der Waals surface area contributed by atoms with E-state index in [1.54, 1.807) is 12.1 Å². The number of carbonyl (C=O) groups is 3. The monoisotopic (exact) mass is 324 g/mol. The Morgan fingerprint density at radius 1 is 0.917 bits per heavy atom. The first-order valence-electron chi connectivity index (χ1n) is 6.96. The van der Waals surface area contributed by atoms with Gasteiger partial charge < -0.3 is 10.2 Å². The van der Waals surface area contributed by atoms with E-state index in [9.17, 15) is 24.6 Å². The van der Waals surface area contributed by atoms with Crippen LogP contribution < -0.4 is 10.2 Å². The van der Waals surface area contributed by atoms with Gasteiger partial charge in [0.2, 0.25) is 0 Å². The van der Waals surface area contributed by atoms with Gasteiger partial charge in [0.15, 0.2) is 0 Å². The fraction of sp³-hybridized carbons (Fsp3) is 0. The van der Waals surface area contributed by atoms with Gasteiger partial charge in [-0.25, -0.2) is 9.69 Å². The summed E-state index contributed by atoms with van der Waals surface area (Å²) in [6, 6.07) is 10.7. The van der Waals surface area contributed by atoms with Gasteiger partial charge in [0.1, 0.15) is 17.1 Å². The van der Waals surface area contributed by atoms with Crippen LogP contribution in [0.2, 0.25) is 0 Å². The number of phenols is 2. The first-order valence-corrected chi connectivity index (χ1v) is 6.96. The summed E-state index contributed by atoms with van der Waals surface area (Å²) in [6.45, 7) is 0. The predicted molar refractivity (Wildman–Crippen MR) is 85.2 cm³/mol. The smallest absolute Gasteiger partial charge is 0.335 e. The number of barbiturate groups is 1. The molecule has 120 valence electrons. The molecular formula is C17H12N2O5. The summed E-state index contributed by atoms with van der Waals surface area (Å²) in [4.78, 5) is 37.4. The number of phenolic OH excluding ortho intramolecular Hbond substituents is 2. The van der Waals surface area contributed by atoms with Crippen molar-refractivity contribution in [3.05, 3.63) is 59.7 Å². The molecule has 7 nitrogen and oxygen atoms in total. The zero-order chi connectivity index (χ0) is 17.3. The molecule has 1 aliphatic rings. The molecule has 3 rings (SSSR count). The SMILES string of the molecule is O=C1NC(=O)N(c2ccc(O)cc2)C(=O)/C1=C/c1ccccc1O. The Balaban J connectivity index is 2.03. The van der Waals surface area contributed by atoms with Gasteiger partial charge in [-0.1, -0.05) is 18.2 Å². The molecule has 2 aromatic carbocycles. The number of nitrogens with one attached hydrogen (secondary N) is 1. The number of hydrogen-bond donors (Lipinski definition) is 3. The van der Waals surface area contributed by atoms with Crippen molar-refractivity contribution in [1.29, 1.82) is 0 Å². The van der Waals surface area contributed by atoms with Crippen molar-refractivity contribution in [3.8, 4) is 11.5 Å². The number of amides is 4. The Hall–Kier alpha value is -3.61. The number of para-hydroxylation sites is 1. The quantitative estimate of drug-likeness (QED) is 0.576. The second-order valence-electron chi connectivity index (χ2n) is 5.03. The summed E-state index contributed by atoms with van der Waals surface area (Å²) in [5, 5.41) is 21.2. The number of benzene rings is 2. The number of imide groups is 2. The van der Waals surface area contributed by atoms with Crippen LogP contribution in [0.25, 0.3) is 6.08 Å². The highest BCUT2D eigenvalue weighted by Crippen LogP contribution is 2.25. The molecule has 0 saturated carbocycles. The molecule has 1 aliphatic heterocycles. The highest BCUT2D eigenvalue weighted by Gasteiger charge is 2.36. The van der Waals surface area contributed by atoms with Crippen LogP contribution in [0.15, 0.2) is 54.1 Å². The van der Waals surface area contributed by atoms with Crippen LogP contribution in [0.4, 0.5) is 10.5 Å². The maximum Gasteiger partial charge on any atom is 0.335 e. The highest BCUT2D eigenvalue weighted by molar-refractivity contribution is 6.39. The number of nitrogens with zero attached hydrogens (tertiary/aromatic N) is 1. The Labute approximate surface area is 136 Å². The fourth-order valence-corrected chi connectivity index (χ4v) is 2.26. The number of urea groups is 1. The van der Waals surface area contributed by atoms with E-state index >= 15 is 0 Å². The molecule has 24 heavy (non-hydrogen) atoms. The lowest BCUT2D eigenvalue weighted by Gasteiger charge is -2.26. The number of aromatic hydroxyl groups is 2. The number of carbonyl (C=O) groups excluding carboxylic acids is 3. The summed E-state index contributed by atoms with van der Waals surface area (Å²) in [5.41, 5.74) is 0.186. The molecule has 3 N–H and O–H groups in total. The van der Waals surface area contributed by atoms with E-state index in [1.807, 2.05) is 0 Å². The van der Waals surface area contributed by atoms with E-state index in [0.29, 0.717) is 0 Å². The number of hydrogen-bond acceptors (Lipinski definition) is 5. The molecule has 2 aromatic rings. The molecule has 0 aromatic heterocycles. The van der Waals surface area contributed by atoms with Crippen molar-refractivity contribution < 1.29 is 24.6 Å². The minimum atomic E-state index is -0.884. The summed E-state index contributed by atoms with van der Waals surface area (Å²) in [7, 11) is 0. The lowest BCUT2D eigenvalue weighted by atomic mass is 10.1. The topological polar surface area (TPSA) is 107 Å². The van der Waals surface area contributed by atoms with E-state index in [4.69, 9.17) is 0 Å². The maximum atomic E-state index is 12.6. The molecule has 1 heterocycles. The summed E-state index contributed by atoms with van der Waals surface area (Å²) >= 11 is 0. The molecule has 0 aliphatic carbocycles. The lowest BCUT2D eigenvalue weighted by Crippen LogP contribution is -2.54. The molecule has 0 radical (unpaired) electrons. The van der Waals surface area contributed by atoms with Gasteiger partial charge in [0, 0.05) is 5.56 Å². The van der Waals surface area contributed by atoms with Gasteiger partial charge in [0.25, 0.3) is 11.8 Å². The molecular weight excluding hydrogens is 312 g/mol. The van der Waals surface area contributed by atoms with Crippen LogP contribution in [0.1, 0.15) is 5.56 Å². The van der Waals surface area contributed by atoms with Crippen molar-refractivity contribution in [3.63, 3.8) is 0 Å². The Kier molecular flexibility index (Phi) is 3.75. The third kappa shape index (κ3) is 2.70. The predicted octanol–water partition coefficient (Wildman–Crippen LogP) is 1.76. The van der Waals surface area contributed by atoms with E-state index in [2.05, 4.69) is 5.32 Å². The van der Waals surface area contributed by atoms with Crippen molar-refractivity contribution in [2.45, 2.75) is 0 Å². The van der Waals surface area contributed by atoms with Crippen molar-refractivity contribution in [2.75, 3.05) is 4.90 Å². The molecule has 0 atom stereocenters. The molecule has 0 unspecified atom stereocenters. The molecule has 7 heteroatoms. The first-order chi connectivity index (χ1) is 11.5. The van der Waals surface area contributed by atoms with Crippen LogP contribution in [0.5, 0.6) is 11.5 Å². The van der Waals surface area contributed by atoms with Gasteiger partial charge in [-0.2, -0.15) is 0 Å². The summed E-state index contributed by atoms with van der Waals surface area (Å²) in [6.07, 6.45) is 1.22. The van der Waals surface area contributed by atoms with Crippen molar-refractivity contribution >= 4 is 29.6 Å². The normalized spacial score (nSPS) is 16.4. The van der Waals surface area contributed by atoms with E-state index in [0.717, 1.165) is 4.90 Å². The van der Waals surface area contributed by atoms with Gasteiger partial charge in [-0.05, 0) is 36.4 Å². The largest absolute Gasteiger partial charge is 0.508 e. The fourth-order valence-electron chi connectivity index (χ4n) is 2.26. The Morgan fingerprint density at radius 2 is 1.58 bits per heavy atom. The second-order valence-corrected chi connectivity index (χ2v) is 5.03. The first kappa shape index (κ1) is 15.3. The van der Waals surface area contributed by atoms with Crippen LogP contribution in [0.3, 0.4) is 0 Å². The van der Waals surface area contributed by atoms with Crippen molar-refractivity contribution in [2.24, 2.45) is 0 Å². The van der Waals surface area contributed by atoms with Crippen molar-refractivity contribution in [1.82, 2.24) is 5.32 Å². The lowest BCUT2D eigenvalue weighted by molar-refractivity contribution is -0.122. The zero-order valence-corrected chi connectivity index (χ0v) is 12.3. The Bertz CT molecular complexity index is 871. The maximum absolute atomic E-state index is 12.6. The summed E-state index contributed by atoms with van der Waals surface area (Å²) in [5.74, 6) is -1.79. The van der Waals surface area contributed by atoms with E-state index in [1.165, 1.54) is 42.5 Å². The van der Waals surface area contributed by atoms with Gasteiger partial charge >= 0.3 is 6.03 Å². The molecule has 1 fully saturated rings. The van der Waals surface area contributed by atoms with Crippen LogP contribution in [-0.2, 0) is 9.59 Å². The summed E-state index contributed by atoms with van der Waals surface area (Å²) < 4.78 is 0. The standard InChI is InChI=1S/C17H12N2O5/c20-12-7-5-11(6-8-12)19-16(23)13(15(22)18-17(19)24)9-10-3-1-2-4-14(10)21/h1-9,20-21H,(H,18,22,24)/b13-9+. The third-order valence-electron chi connectivity index (χ3n) is 3.45. The molecule has 1 saturated heterocycles. The highest BCUT2D eigenvalue weighted by atomic mass is 16.3. The minimum absolute atomic E-state index is 0.0235. The van der Waals surface area contributed by atoms with E-state index < -0.39 is 17.8 Å². The average Bonchev–Trinajstić information content (AvgIpc) is 2.54. The number of rotatable bonds is 2.